The largest absolute Gasteiger partial charge is 0.361 e. The Bertz CT molecular complexity index is 601. The molecule has 0 radical (unpaired) electrons. The van der Waals surface area contributed by atoms with E-state index < -0.39 is 0 Å². The van der Waals surface area contributed by atoms with Gasteiger partial charge >= 0.3 is 0 Å². The van der Waals surface area contributed by atoms with Crippen molar-refractivity contribution in [3.63, 3.8) is 0 Å². The topological polar surface area (TPSA) is 64.6 Å². The molecule has 1 aromatic rings. The summed E-state index contributed by atoms with van der Waals surface area (Å²) < 4.78 is 0. The van der Waals surface area contributed by atoms with Crippen molar-refractivity contribution in [2.75, 3.05) is 57.1 Å². The van der Waals surface area contributed by atoms with Crippen LogP contribution >= 0.6 is 0 Å². The maximum Gasteiger partial charge on any atom is 0.226 e. The predicted molar refractivity (Wildman–Crippen MR) is 105 cm³/mol. The Labute approximate surface area is 156 Å². The first-order chi connectivity index (χ1) is 12.4. The van der Waals surface area contributed by atoms with E-state index in [-0.39, 0.29) is 11.3 Å². The molecule has 0 bridgehead atoms. The van der Waals surface area contributed by atoms with E-state index in [2.05, 4.69) is 39.3 Å². The molecule has 0 aromatic carbocycles. The maximum atomic E-state index is 12.9. The van der Waals surface area contributed by atoms with Crippen LogP contribution in [0.25, 0.3) is 0 Å². The second kappa shape index (κ2) is 7.78. The van der Waals surface area contributed by atoms with E-state index >= 15 is 0 Å². The quantitative estimate of drug-likeness (QED) is 0.875. The molecule has 7 nitrogen and oxygen atoms in total. The van der Waals surface area contributed by atoms with Crippen LogP contribution in [-0.4, -0.2) is 74.4 Å². The van der Waals surface area contributed by atoms with Gasteiger partial charge in [-0.15, -0.1) is 10.2 Å². The summed E-state index contributed by atoms with van der Waals surface area (Å²) in [6.07, 6.45) is 3.81. The number of amides is 1. The van der Waals surface area contributed by atoms with Crippen LogP contribution in [0, 0.1) is 5.41 Å². The molecule has 1 aromatic heterocycles. The standard InChI is InChI=1S/C19H32N6O/c1-19(18(26)20-15-7-11-24(4)12-8-15)9-13-25(14-10-19)17-6-5-16(21-22-17)23(2)3/h5-6,15H,7-14H2,1-4H3,(H,20,26). The zero-order valence-electron chi connectivity index (χ0n) is 16.5. The van der Waals surface area contributed by atoms with Gasteiger partial charge in [0.05, 0.1) is 0 Å². The van der Waals surface area contributed by atoms with E-state index in [1.165, 1.54) is 0 Å². The first kappa shape index (κ1) is 18.9. The second-order valence-corrected chi connectivity index (χ2v) is 8.24. The fourth-order valence-electron chi connectivity index (χ4n) is 3.69. The van der Waals surface area contributed by atoms with Crippen LogP contribution in [0.2, 0.25) is 0 Å². The molecule has 1 N–H and O–H groups in total. The van der Waals surface area contributed by atoms with Crippen molar-refractivity contribution >= 4 is 17.5 Å². The molecule has 0 aliphatic carbocycles. The SMILES string of the molecule is CN1CCC(NC(=O)C2(C)CCN(c3ccc(N(C)C)nn3)CC2)CC1. The van der Waals surface area contributed by atoms with Crippen molar-refractivity contribution in [2.45, 2.75) is 38.6 Å². The lowest BCUT2D eigenvalue weighted by Gasteiger charge is -2.40. The summed E-state index contributed by atoms with van der Waals surface area (Å²) in [6.45, 7) is 5.92. The van der Waals surface area contributed by atoms with Gasteiger partial charge in [0, 0.05) is 38.6 Å². The number of piperidine rings is 2. The van der Waals surface area contributed by atoms with Gasteiger partial charge in [0.25, 0.3) is 0 Å². The first-order valence-electron chi connectivity index (χ1n) is 9.63. The number of anilines is 2. The normalized spacial score (nSPS) is 21.5. The monoisotopic (exact) mass is 360 g/mol. The minimum Gasteiger partial charge on any atom is -0.361 e. The van der Waals surface area contributed by atoms with Crippen molar-refractivity contribution in [1.82, 2.24) is 20.4 Å². The third-order valence-electron chi connectivity index (χ3n) is 5.89. The lowest BCUT2D eigenvalue weighted by atomic mass is 9.79. The minimum atomic E-state index is -0.281. The number of likely N-dealkylation sites (tertiary alicyclic amines) is 1. The highest BCUT2D eigenvalue weighted by Gasteiger charge is 2.38. The van der Waals surface area contributed by atoms with Crippen LogP contribution in [0.1, 0.15) is 32.6 Å². The van der Waals surface area contributed by atoms with E-state index in [0.717, 1.165) is 63.5 Å². The molecule has 0 unspecified atom stereocenters. The molecule has 2 aliphatic rings. The highest BCUT2D eigenvalue weighted by molar-refractivity contribution is 5.82. The summed E-state index contributed by atoms with van der Waals surface area (Å²) in [4.78, 5) is 19.4. The van der Waals surface area contributed by atoms with E-state index in [0.29, 0.717) is 6.04 Å². The molecule has 3 heterocycles. The summed E-state index contributed by atoms with van der Waals surface area (Å²) in [5.41, 5.74) is -0.281. The van der Waals surface area contributed by atoms with Gasteiger partial charge < -0.3 is 20.0 Å². The Morgan fingerprint density at radius 1 is 1.15 bits per heavy atom. The van der Waals surface area contributed by atoms with Gasteiger partial charge in [0.15, 0.2) is 11.6 Å². The molecule has 7 heteroatoms. The number of aromatic nitrogens is 2. The van der Waals surface area contributed by atoms with Gasteiger partial charge in [-0.05, 0) is 58.0 Å². The molecule has 2 fully saturated rings. The van der Waals surface area contributed by atoms with Crippen LogP contribution in [0.4, 0.5) is 11.6 Å². The summed E-state index contributed by atoms with van der Waals surface area (Å²) in [6, 6.07) is 4.34. The zero-order chi connectivity index (χ0) is 18.7. The Balaban J connectivity index is 1.53. The molecule has 0 atom stereocenters. The number of nitrogens with zero attached hydrogens (tertiary/aromatic N) is 5. The number of nitrogens with one attached hydrogen (secondary N) is 1. The maximum absolute atomic E-state index is 12.9. The van der Waals surface area contributed by atoms with Gasteiger partial charge in [-0.3, -0.25) is 4.79 Å². The Kier molecular flexibility index (Phi) is 5.65. The third-order valence-corrected chi connectivity index (χ3v) is 5.89. The summed E-state index contributed by atoms with van der Waals surface area (Å²) in [5, 5.41) is 11.9. The fourth-order valence-corrected chi connectivity index (χ4v) is 3.69. The Hall–Kier alpha value is -1.89. The highest BCUT2D eigenvalue weighted by atomic mass is 16.2. The molecule has 0 spiro atoms. The zero-order valence-corrected chi connectivity index (χ0v) is 16.5. The van der Waals surface area contributed by atoms with Gasteiger partial charge in [-0.25, -0.2) is 0 Å². The van der Waals surface area contributed by atoms with E-state index in [1.54, 1.807) is 0 Å². The van der Waals surface area contributed by atoms with Crippen LogP contribution < -0.4 is 15.1 Å². The summed E-state index contributed by atoms with van der Waals surface area (Å²) >= 11 is 0. The molecule has 2 aliphatic heterocycles. The molecule has 26 heavy (non-hydrogen) atoms. The van der Waals surface area contributed by atoms with Crippen molar-refractivity contribution < 1.29 is 4.79 Å². The van der Waals surface area contributed by atoms with Gasteiger partial charge in [0.2, 0.25) is 5.91 Å². The molecule has 144 valence electrons. The van der Waals surface area contributed by atoms with Gasteiger partial charge in [-0.2, -0.15) is 0 Å². The van der Waals surface area contributed by atoms with Crippen LogP contribution in [0.5, 0.6) is 0 Å². The lowest BCUT2D eigenvalue weighted by molar-refractivity contribution is -0.132. The van der Waals surface area contributed by atoms with E-state index in [1.807, 2.05) is 31.1 Å². The Morgan fingerprint density at radius 2 is 1.81 bits per heavy atom. The molecule has 3 rings (SSSR count). The van der Waals surface area contributed by atoms with E-state index in [9.17, 15) is 4.79 Å². The number of rotatable bonds is 4. The number of carbonyl (C=O) groups is 1. The molecule has 1 amide bonds. The van der Waals surface area contributed by atoms with Crippen LogP contribution in [0.15, 0.2) is 12.1 Å². The first-order valence-corrected chi connectivity index (χ1v) is 9.63. The number of carbonyl (C=O) groups excluding carboxylic acids is 1. The number of hydrogen-bond donors (Lipinski definition) is 1. The summed E-state index contributed by atoms with van der Waals surface area (Å²) in [5.74, 6) is 1.97. The fraction of sp³-hybridized carbons (Fsp3) is 0.737. The van der Waals surface area contributed by atoms with Crippen molar-refractivity contribution in [2.24, 2.45) is 5.41 Å². The molecular formula is C19H32N6O. The third kappa shape index (κ3) is 4.26. The minimum absolute atomic E-state index is 0.223. The lowest BCUT2D eigenvalue weighted by Crippen LogP contribution is -2.52. The average molecular weight is 361 g/mol. The van der Waals surface area contributed by atoms with Crippen molar-refractivity contribution in [3.05, 3.63) is 12.1 Å². The van der Waals surface area contributed by atoms with Crippen molar-refractivity contribution in [1.29, 1.82) is 0 Å². The number of hydrogen-bond acceptors (Lipinski definition) is 6. The second-order valence-electron chi connectivity index (χ2n) is 8.24. The highest BCUT2D eigenvalue weighted by Crippen LogP contribution is 2.33. The smallest absolute Gasteiger partial charge is 0.226 e. The predicted octanol–water partition coefficient (Wildman–Crippen LogP) is 1.36. The molecular weight excluding hydrogens is 328 g/mol. The van der Waals surface area contributed by atoms with Gasteiger partial charge in [-0.1, -0.05) is 6.92 Å². The summed E-state index contributed by atoms with van der Waals surface area (Å²) in [7, 11) is 6.06. The van der Waals surface area contributed by atoms with Gasteiger partial charge in [0.1, 0.15) is 0 Å². The average Bonchev–Trinajstić information content (AvgIpc) is 2.64. The van der Waals surface area contributed by atoms with Crippen molar-refractivity contribution in [3.8, 4) is 0 Å². The Morgan fingerprint density at radius 3 is 2.35 bits per heavy atom. The molecule has 2 saturated heterocycles. The van der Waals surface area contributed by atoms with Crippen LogP contribution in [0.3, 0.4) is 0 Å². The van der Waals surface area contributed by atoms with E-state index in [4.69, 9.17) is 0 Å². The molecule has 0 saturated carbocycles. The van der Waals surface area contributed by atoms with Crippen LogP contribution in [-0.2, 0) is 4.79 Å².